The minimum absolute atomic E-state index is 0.00518. The first-order chi connectivity index (χ1) is 18.9. The molecule has 0 unspecified atom stereocenters. The number of carbonyl (C=O) groups excluding carboxylic acids is 3. The number of unbranched alkanes of at least 4 members (excludes halogenated alkanes) is 5. The standard InChI is InChI=1S/C11H20IN2.C11H8NO4.2C4H9.Sn/c1-3-5-6-7-8-13-9-10-14(4-2)12-11-13;13-9-6-7-10(14)12(9)16-11(15)8-4-2-1-3-5-8;2*1-3-4-2;/h9-11H,1,3-8H2,2H3;1-2,4-5H,6-7H2;2*1,3-4H2,2H3;. The topological polar surface area (TPSA) is 70.2 Å². The first-order valence-electron chi connectivity index (χ1n) is 14.8. The summed E-state index contributed by atoms with van der Waals surface area (Å²) in [6.07, 6.45) is 14.5. The SMILES string of the molecule is CCC[CH2][Sn]([CH2]CCC)([CH2]CCCCCN1C=CN(CC)I=C1)[c]1cccc(C(=O)ON2C(=O)CCC2=O)c1. The van der Waals surface area contributed by atoms with Crippen molar-refractivity contribution in [3.8, 4) is 0 Å². The van der Waals surface area contributed by atoms with Crippen molar-refractivity contribution in [2.45, 2.75) is 98.3 Å². The Labute approximate surface area is 249 Å². The zero-order chi connectivity index (χ0) is 28.1. The van der Waals surface area contributed by atoms with E-state index in [9.17, 15) is 14.4 Å². The van der Waals surface area contributed by atoms with Crippen LogP contribution in [0.1, 0.15) is 95.3 Å². The van der Waals surface area contributed by atoms with Gasteiger partial charge in [0.25, 0.3) is 0 Å². The van der Waals surface area contributed by atoms with Gasteiger partial charge in [-0.25, -0.2) is 0 Å². The first-order valence-corrected chi connectivity index (χ1v) is 24.5. The molecule has 0 radical (unpaired) electrons. The van der Waals surface area contributed by atoms with Gasteiger partial charge in [0.1, 0.15) is 0 Å². The number of hydroxylamine groups is 2. The van der Waals surface area contributed by atoms with Crippen LogP contribution in [0.5, 0.6) is 0 Å². The summed E-state index contributed by atoms with van der Waals surface area (Å²) in [5.41, 5.74) is 0.448. The van der Waals surface area contributed by atoms with Crippen LogP contribution in [-0.2, 0) is 14.4 Å². The van der Waals surface area contributed by atoms with E-state index in [0.29, 0.717) is 10.6 Å². The van der Waals surface area contributed by atoms with Crippen LogP contribution in [0.3, 0.4) is 0 Å². The van der Waals surface area contributed by atoms with Gasteiger partial charge in [-0.3, -0.25) is 0 Å². The summed E-state index contributed by atoms with van der Waals surface area (Å²) < 4.78 is 10.1. The predicted octanol–water partition coefficient (Wildman–Crippen LogP) is 6.48. The Morgan fingerprint density at radius 1 is 0.897 bits per heavy atom. The van der Waals surface area contributed by atoms with E-state index in [2.05, 4.69) is 51.4 Å². The summed E-state index contributed by atoms with van der Waals surface area (Å²) >= 11 is -2.81. The van der Waals surface area contributed by atoms with Gasteiger partial charge >= 0.3 is 251 Å². The quantitative estimate of drug-likeness (QED) is 0.0597. The number of halogens is 1. The molecule has 1 aromatic rings. The van der Waals surface area contributed by atoms with E-state index < -0.39 is 36.2 Å². The summed E-state index contributed by atoms with van der Waals surface area (Å²) in [6, 6.07) is 8.00. The number of nitrogens with zero attached hydrogens (tertiary/aromatic N) is 3. The molecule has 2 aliphatic heterocycles. The van der Waals surface area contributed by atoms with Crippen molar-refractivity contribution in [3.05, 3.63) is 42.2 Å². The van der Waals surface area contributed by atoms with Gasteiger partial charge in [-0.1, -0.05) is 0 Å². The number of benzene rings is 1. The molecule has 7 nitrogen and oxygen atoms in total. The molecule has 216 valence electrons. The van der Waals surface area contributed by atoms with E-state index in [4.69, 9.17) is 4.84 Å². The van der Waals surface area contributed by atoms with E-state index in [0.717, 1.165) is 13.1 Å². The van der Waals surface area contributed by atoms with Gasteiger partial charge in [-0.15, -0.1) is 0 Å². The van der Waals surface area contributed by atoms with E-state index in [-0.39, 0.29) is 33.8 Å². The van der Waals surface area contributed by atoms with Crippen LogP contribution in [0.15, 0.2) is 36.7 Å². The van der Waals surface area contributed by atoms with Gasteiger partial charge in [0.05, 0.1) is 0 Å². The molecule has 0 saturated carbocycles. The van der Waals surface area contributed by atoms with Gasteiger partial charge < -0.3 is 0 Å². The van der Waals surface area contributed by atoms with Crippen LogP contribution < -0.4 is 3.58 Å². The monoisotopic (exact) mass is 759 g/mol. The third-order valence-electron chi connectivity index (χ3n) is 7.75. The molecule has 9 heteroatoms. The fourth-order valence-corrected chi connectivity index (χ4v) is 22.9. The van der Waals surface area contributed by atoms with Crippen molar-refractivity contribution in [1.82, 2.24) is 13.1 Å². The number of hydrogen-bond acceptors (Lipinski definition) is 6. The summed E-state index contributed by atoms with van der Waals surface area (Å²) in [5.74, 6) is -1.50. The maximum atomic E-state index is 12.9. The number of carbonyl (C=O) groups is 3. The third-order valence-corrected chi connectivity index (χ3v) is 26.0. The third kappa shape index (κ3) is 9.57. The van der Waals surface area contributed by atoms with Gasteiger partial charge in [0, 0.05) is 0 Å². The van der Waals surface area contributed by atoms with Gasteiger partial charge in [-0.05, 0) is 0 Å². The Kier molecular flexibility index (Phi) is 13.8. The zero-order valence-corrected chi connectivity index (χ0v) is 29.0. The fraction of sp³-hybridized carbons (Fsp3) is 0.600. The molecule has 2 amide bonds. The van der Waals surface area contributed by atoms with E-state index >= 15 is 0 Å². The van der Waals surface area contributed by atoms with Gasteiger partial charge in [0.15, 0.2) is 0 Å². The Balaban J connectivity index is 1.64. The van der Waals surface area contributed by atoms with Crippen molar-refractivity contribution >= 4 is 64.9 Å². The molecular weight excluding hydrogens is 712 g/mol. The van der Waals surface area contributed by atoms with Crippen molar-refractivity contribution in [2.24, 2.45) is 0 Å². The van der Waals surface area contributed by atoms with Crippen LogP contribution in [0, 0.1) is 0 Å². The second-order valence-corrected chi connectivity index (χ2v) is 26.2. The molecule has 1 saturated heterocycles. The van der Waals surface area contributed by atoms with E-state index in [1.165, 1.54) is 68.3 Å². The van der Waals surface area contributed by atoms with Crippen molar-refractivity contribution in [1.29, 1.82) is 0 Å². The van der Waals surface area contributed by atoms with Crippen LogP contribution >= 0.6 is 21.0 Å². The molecule has 0 N–H and O–H groups in total. The van der Waals surface area contributed by atoms with Crippen LogP contribution in [-0.4, -0.2) is 66.5 Å². The Morgan fingerprint density at radius 3 is 2.18 bits per heavy atom. The molecule has 2 aliphatic rings. The zero-order valence-electron chi connectivity index (χ0n) is 24.0. The molecule has 0 bridgehead atoms. The average Bonchev–Trinajstić information content (AvgIpc) is 3.28. The van der Waals surface area contributed by atoms with Gasteiger partial charge in [-0.2, -0.15) is 0 Å². The Hall–Kier alpha value is -1.43. The molecule has 0 atom stereocenters. The molecule has 0 aliphatic carbocycles. The van der Waals surface area contributed by atoms with E-state index in [1.807, 2.05) is 12.1 Å². The summed E-state index contributed by atoms with van der Waals surface area (Å²) in [5, 5.41) is 0.651. The number of rotatable bonds is 17. The number of hydrogen-bond donors (Lipinski definition) is 0. The molecule has 0 aromatic heterocycles. The maximum absolute atomic E-state index is 12.9. The molecule has 1 fully saturated rings. The molecular formula is C30H46IN3O4Sn. The first kappa shape index (κ1) is 32.1. The van der Waals surface area contributed by atoms with Crippen LogP contribution in [0.4, 0.5) is 0 Å². The van der Waals surface area contributed by atoms with Crippen LogP contribution in [0.2, 0.25) is 13.3 Å². The average molecular weight is 758 g/mol. The summed E-state index contributed by atoms with van der Waals surface area (Å²) in [7, 11) is 0. The second-order valence-electron chi connectivity index (χ2n) is 10.6. The molecule has 1 aromatic carbocycles. The summed E-state index contributed by atoms with van der Waals surface area (Å²) in [6.45, 7) is 8.95. The number of amides is 2. The predicted molar refractivity (Wildman–Crippen MR) is 169 cm³/mol. The van der Waals surface area contributed by atoms with Crippen molar-refractivity contribution in [2.75, 3.05) is 13.1 Å². The molecule has 2 heterocycles. The minimum atomic E-state index is -2.80. The molecule has 0 spiro atoms. The normalized spacial score (nSPS) is 15.7. The molecule has 39 heavy (non-hydrogen) atoms. The van der Waals surface area contributed by atoms with Gasteiger partial charge in [0.2, 0.25) is 0 Å². The fourth-order valence-electron chi connectivity index (χ4n) is 5.35. The molecule has 3 rings (SSSR count). The van der Waals surface area contributed by atoms with Crippen molar-refractivity contribution < 1.29 is 19.2 Å². The number of imide groups is 1. The second kappa shape index (κ2) is 16.7. The van der Waals surface area contributed by atoms with Crippen LogP contribution in [0.25, 0.3) is 0 Å². The summed E-state index contributed by atoms with van der Waals surface area (Å²) in [4.78, 5) is 44.5. The Bertz CT molecular complexity index is 993. The van der Waals surface area contributed by atoms with E-state index in [1.54, 1.807) is 6.07 Å². The Morgan fingerprint density at radius 2 is 1.56 bits per heavy atom. The van der Waals surface area contributed by atoms with Crippen molar-refractivity contribution in [3.63, 3.8) is 0 Å².